The molecular formula is C17H19N3O2. The Morgan fingerprint density at radius 1 is 1.09 bits per heavy atom. The van der Waals surface area contributed by atoms with Crippen molar-refractivity contribution in [1.29, 1.82) is 0 Å². The van der Waals surface area contributed by atoms with Gasteiger partial charge in [-0.3, -0.25) is 0 Å². The van der Waals surface area contributed by atoms with E-state index in [9.17, 15) is 0 Å². The molecule has 0 spiro atoms. The standard InChI is InChI=1S/C17H19N3O2/c1-3-22-16-12-14(19-17(18)20-16)7-5-4-6-13-8-10-15(21-2)11-9-13/h4-12H,3H2,1-2H3,(H2,18,19,20)/b6-4+,7-5+. The lowest BCUT2D eigenvalue weighted by atomic mass is 10.2. The van der Waals surface area contributed by atoms with Gasteiger partial charge in [0.2, 0.25) is 11.8 Å². The van der Waals surface area contributed by atoms with Crippen LogP contribution in [0.15, 0.2) is 42.5 Å². The Bertz CT molecular complexity index is 664. The minimum atomic E-state index is 0.199. The molecule has 0 saturated carbocycles. The normalized spacial score (nSPS) is 11.2. The van der Waals surface area contributed by atoms with Crippen LogP contribution < -0.4 is 15.2 Å². The fraction of sp³-hybridized carbons (Fsp3) is 0.176. The van der Waals surface area contributed by atoms with Crippen molar-refractivity contribution in [3.63, 3.8) is 0 Å². The number of benzene rings is 1. The van der Waals surface area contributed by atoms with Gasteiger partial charge in [0.25, 0.3) is 0 Å². The quantitative estimate of drug-likeness (QED) is 0.829. The van der Waals surface area contributed by atoms with E-state index < -0.39 is 0 Å². The van der Waals surface area contributed by atoms with Crippen molar-refractivity contribution in [3.8, 4) is 11.6 Å². The molecule has 2 N–H and O–H groups in total. The molecular weight excluding hydrogens is 278 g/mol. The van der Waals surface area contributed by atoms with E-state index in [2.05, 4.69) is 9.97 Å². The van der Waals surface area contributed by atoms with Gasteiger partial charge in [-0.25, -0.2) is 4.98 Å². The molecule has 22 heavy (non-hydrogen) atoms. The first kappa shape index (κ1) is 15.6. The van der Waals surface area contributed by atoms with Crippen LogP contribution in [0.2, 0.25) is 0 Å². The highest BCUT2D eigenvalue weighted by molar-refractivity contribution is 5.57. The Balaban J connectivity index is 2.03. The van der Waals surface area contributed by atoms with Crippen LogP contribution in [0.3, 0.4) is 0 Å². The average molecular weight is 297 g/mol. The topological polar surface area (TPSA) is 70.3 Å². The molecule has 5 heteroatoms. The van der Waals surface area contributed by atoms with Crippen molar-refractivity contribution >= 4 is 18.1 Å². The molecule has 1 aromatic carbocycles. The Labute approximate surface area is 130 Å². The molecule has 1 aromatic heterocycles. The Morgan fingerprint density at radius 2 is 1.82 bits per heavy atom. The fourth-order valence-electron chi connectivity index (χ4n) is 1.80. The van der Waals surface area contributed by atoms with E-state index in [4.69, 9.17) is 15.2 Å². The van der Waals surface area contributed by atoms with Crippen molar-refractivity contribution in [3.05, 3.63) is 53.7 Å². The summed E-state index contributed by atoms with van der Waals surface area (Å²) in [4.78, 5) is 8.13. The Morgan fingerprint density at radius 3 is 2.50 bits per heavy atom. The second-order valence-corrected chi connectivity index (χ2v) is 4.41. The number of rotatable bonds is 6. The first-order chi connectivity index (χ1) is 10.7. The summed E-state index contributed by atoms with van der Waals surface area (Å²) in [5.74, 6) is 1.52. The van der Waals surface area contributed by atoms with Crippen molar-refractivity contribution < 1.29 is 9.47 Å². The molecule has 0 aliphatic rings. The number of nitrogen functional groups attached to an aromatic ring is 1. The third-order valence-corrected chi connectivity index (χ3v) is 2.81. The Hall–Kier alpha value is -2.82. The highest BCUT2D eigenvalue weighted by Gasteiger charge is 1.99. The van der Waals surface area contributed by atoms with E-state index in [-0.39, 0.29) is 5.95 Å². The summed E-state index contributed by atoms with van der Waals surface area (Å²) < 4.78 is 10.4. The highest BCUT2D eigenvalue weighted by Crippen LogP contribution is 2.13. The zero-order valence-electron chi connectivity index (χ0n) is 12.7. The van der Waals surface area contributed by atoms with Crippen molar-refractivity contribution in [2.24, 2.45) is 0 Å². The van der Waals surface area contributed by atoms with E-state index in [1.807, 2.05) is 55.5 Å². The zero-order chi connectivity index (χ0) is 15.8. The number of ether oxygens (including phenoxy) is 2. The number of anilines is 1. The van der Waals surface area contributed by atoms with Crippen LogP contribution in [0.4, 0.5) is 5.95 Å². The minimum absolute atomic E-state index is 0.199. The van der Waals surface area contributed by atoms with Gasteiger partial charge in [0, 0.05) is 6.07 Å². The fourth-order valence-corrected chi connectivity index (χ4v) is 1.80. The predicted octanol–water partition coefficient (Wildman–Crippen LogP) is 3.19. The molecule has 0 amide bonds. The van der Waals surface area contributed by atoms with E-state index in [1.54, 1.807) is 13.2 Å². The second-order valence-electron chi connectivity index (χ2n) is 4.41. The summed E-state index contributed by atoms with van der Waals surface area (Å²) in [5.41, 5.74) is 7.44. The third-order valence-electron chi connectivity index (χ3n) is 2.81. The number of hydrogen-bond donors (Lipinski definition) is 1. The average Bonchev–Trinajstić information content (AvgIpc) is 2.52. The minimum Gasteiger partial charge on any atom is -0.497 e. The Kier molecular flexibility index (Phi) is 5.54. The van der Waals surface area contributed by atoms with Gasteiger partial charge in [0.1, 0.15) is 5.75 Å². The van der Waals surface area contributed by atoms with Gasteiger partial charge in [0.15, 0.2) is 0 Å². The van der Waals surface area contributed by atoms with Gasteiger partial charge < -0.3 is 15.2 Å². The number of methoxy groups -OCH3 is 1. The molecule has 5 nitrogen and oxygen atoms in total. The largest absolute Gasteiger partial charge is 0.497 e. The van der Waals surface area contributed by atoms with Crippen molar-refractivity contribution in [2.45, 2.75) is 6.92 Å². The van der Waals surface area contributed by atoms with Crippen LogP contribution in [-0.4, -0.2) is 23.7 Å². The van der Waals surface area contributed by atoms with Gasteiger partial charge in [-0.15, -0.1) is 0 Å². The summed E-state index contributed by atoms with van der Waals surface area (Å²) in [6.07, 6.45) is 7.66. The second kappa shape index (κ2) is 7.83. The van der Waals surface area contributed by atoms with Gasteiger partial charge in [-0.05, 0) is 30.7 Å². The first-order valence-corrected chi connectivity index (χ1v) is 6.97. The molecule has 1 heterocycles. The van der Waals surface area contributed by atoms with Crippen LogP contribution >= 0.6 is 0 Å². The maximum atomic E-state index is 5.65. The lowest BCUT2D eigenvalue weighted by Crippen LogP contribution is -2.01. The molecule has 0 aliphatic heterocycles. The lowest BCUT2D eigenvalue weighted by Gasteiger charge is -2.03. The highest BCUT2D eigenvalue weighted by atomic mass is 16.5. The number of nitrogens with two attached hydrogens (primary N) is 1. The smallest absolute Gasteiger partial charge is 0.223 e. The van der Waals surface area contributed by atoms with Gasteiger partial charge >= 0.3 is 0 Å². The lowest BCUT2D eigenvalue weighted by molar-refractivity contribution is 0.326. The van der Waals surface area contributed by atoms with Crippen molar-refractivity contribution in [2.75, 3.05) is 19.5 Å². The summed E-state index contributed by atoms with van der Waals surface area (Å²) in [5, 5.41) is 0. The maximum Gasteiger partial charge on any atom is 0.223 e. The molecule has 2 rings (SSSR count). The SMILES string of the molecule is CCOc1cc(/C=C/C=C/c2ccc(OC)cc2)nc(N)n1. The molecule has 0 unspecified atom stereocenters. The van der Waals surface area contributed by atoms with E-state index in [0.29, 0.717) is 18.2 Å². The van der Waals surface area contributed by atoms with E-state index in [1.165, 1.54) is 0 Å². The van der Waals surface area contributed by atoms with Crippen molar-refractivity contribution in [1.82, 2.24) is 9.97 Å². The molecule has 0 fully saturated rings. The molecule has 0 radical (unpaired) electrons. The molecule has 0 aliphatic carbocycles. The summed E-state index contributed by atoms with van der Waals surface area (Å²) in [6.45, 7) is 2.43. The number of nitrogens with zero attached hydrogens (tertiary/aromatic N) is 2. The molecule has 114 valence electrons. The van der Waals surface area contributed by atoms with Gasteiger partial charge in [0.05, 0.1) is 19.4 Å². The zero-order valence-corrected chi connectivity index (χ0v) is 12.7. The maximum absolute atomic E-state index is 5.65. The summed E-state index contributed by atoms with van der Waals surface area (Å²) in [6, 6.07) is 9.56. The van der Waals surface area contributed by atoms with E-state index in [0.717, 1.165) is 11.3 Å². The predicted molar refractivity (Wildman–Crippen MR) is 88.7 cm³/mol. The number of hydrogen-bond acceptors (Lipinski definition) is 5. The van der Waals surface area contributed by atoms with E-state index >= 15 is 0 Å². The molecule has 0 bridgehead atoms. The van der Waals surface area contributed by atoms with Crippen LogP contribution in [0.1, 0.15) is 18.2 Å². The monoisotopic (exact) mass is 297 g/mol. The van der Waals surface area contributed by atoms with Crippen LogP contribution in [0.25, 0.3) is 12.2 Å². The molecule has 0 atom stereocenters. The van der Waals surface area contributed by atoms with Gasteiger partial charge in [-0.1, -0.05) is 30.4 Å². The van der Waals surface area contributed by atoms with Crippen LogP contribution in [0.5, 0.6) is 11.6 Å². The van der Waals surface area contributed by atoms with Crippen LogP contribution in [0, 0.1) is 0 Å². The third kappa shape index (κ3) is 4.63. The summed E-state index contributed by atoms with van der Waals surface area (Å²) >= 11 is 0. The number of allylic oxidation sites excluding steroid dienone is 2. The first-order valence-electron chi connectivity index (χ1n) is 6.97. The molecule has 0 saturated heterocycles. The molecule has 2 aromatic rings. The van der Waals surface area contributed by atoms with Crippen LogP contribution in [-0.2, 0) is 0 Å². The van der Waals surface area contributed by atoms with Gasteiger partial charge in [-0.2, -0.15) is 4.98 Å². The summed E-state index contributed by atoms with van der Waals surface area (Å²) in [7, 11) is 1.65. The number of aromatic nitrogens is 2.